The molecule has 0 aromatic carbocycles. The van der Waals surface area contributed by atoms with Crippen LogP contribution < -0.4 is 15.7 Å². The van der Waals surface area contributed by atoms with Crippen LogP contribution in [-0.2, 0) is 19.1 Å². The Kier molecular flexibility index (Phi) is 8.73. The van der Waals surface area contributed by atoms with E-state index in [4.69, 9.17) is 24.9 Å². The van der Waals surface area contributed by atoms with Crippen molar-refractivity contribution >= 4 is 11.9 Å². The van der Waals surface area contributed by atoms with E-state index in [2.05, 4.69) is 20.8 Å². The highest BCUT2D eigenvalue weighted by molar-refractivity contribution is 5.93. The van der Waals surface area contributed by atoms with Gasteiger partial charge >= 0.3 is 5.97 Å². The van der Waals surface area contributed by atoms with E-state index in [1.165, 1.54) is 51.9 Å². The van der Waals surface area contributed by atoms with Crippen molar-refractivity contribution in [3.63, 3.8) is 0 Å². The zero-order valence-electron chi connectivity index (χ0n) is 17.5. The van der Waals surface area contributed by atoms with Crippen molar-refractivity contribution < 1.29 is 33.5 Å². The van der Waals surface area contributed by atoms with E-state index in [1.54, 1.807) is 11.0 Å². The second-order valence-electron chi connectivity index (χ2n) is 6.91. The SMILES string of the molecule is CC1(C)OC(=O)C(C(c2ccco2)C(C#N)C(N)=O)=C([O-])O1.CC[NH+](CC)CC. The number of nitriles is 1. The molecule has 2 unspecified atom stereocenters. The topological polar surface area (TPSA) is 143 Å². The summed E-state index contributed by atoms with van der Waals surface area (Å²) in [5.41, 5.74) is 4.68. The highest BCUT2D eigenvalue weighted by Gasteiger charge is 2.41. The fourth-order valence-electron chi connectivity index (χ4n) is 2.91. The maximum absolute atomic E-state index is 12.1. The monoisotopic (exact) mass is 407 g/mol. The molecule has 2 rings (SSSR count). The third-order valence-corrected chi connectivity index (χ3v) is 4.56. The maximum atomic E-state index is 12.1. The highest BCUT2D eigenvalue weighted by atomic mass is 16.8. The van der Waals surface area contributed by atoms with Crippen LogP contribution in [0.3, 0.4) is 0 Å². The molecule has 2 atom stereocenters. The molecule has 1 aliphatic heterocycles. The van der Waals surface area contributed by atoms with E-state index in [1.807, 2.05) is 0 Å². The van der Waals surface area contributed by atoms with E-state index in [0.29, 0.717) is 0 Å². The van der Waals surface area contributed by atoms with Crippen molar-refractivity contribution in [2.45, 2.75) is 46.3 Å². The summed E-state index contributed by atoms with van der Waals surface area (Å²) in [7, 11) is 0. The number of quaternary nitrogens is 1. The quantitative estimate of drug-likeness (QED) is 0.596. The van der Waals surface area contributed by atoms with Gasteiger partial charge in [-0.1, -0.05) is 0 Å². The molecule has 1 aromatic rings. The van der Waals surface area contributed by atoms with Gasteiger partial charge in [-0.15, -0.1) is 0 Å². The molecule has 1 aliphatic rings. The number of amides is 1. The first-order valence-electron chi connectivity index (χ1n) is 9.51. The van der Waals surface area contributed by atoms with Crippen molar-refractivity contribution in [3.05, 3.63) is 35.7 Å². The number of primary amides is 1. The molecule has 1 aromatic heterocycles. The molecule has 9 nitrogen and oxygen atoms in total. The number of hydrogen-bond acceptors (Lipinski definition) is 7. The normalized spacial score (nSPS) is 17.3. The molecule has 0 spiro atoms. The van der Waals surface area contributed by atoms with Gasteiger partial charge in [0.1, 0.15) is 11.7 Å². The lowest BCUT2D eigenvalue weighted by Gasteiger charge is -2.41. The smallest absolute Gasteiger partial charge is 0.338 e. The molecular weight excluding hydrogens is 378 g/mol. The average Bonchev–Trinajstić information content (AvgIpc) is 3.15. The molecule has 2 heterocycles. The molecule has 0 saturated carbocycles. The van der Waals surface area contributed by atoms with E-state index < -0.39 is 41.0 Å². The minimum Gasteiger partial charge on any atom is -0.575 e. The summed E-state index contributed by atoms with van der Waals surface area (Å²) in [6, 6.07) is 4.59. The van der Waals surface area contributed by atoms with Gasteiger partial charge in [-0.3, -0.25) is 4.79 Å². The first-order chi connectivity index (χ1) is 13.6. The zero-order valence-corrected chi connectivity index (χ0v) is 17.5. The first kappa shape index (κ1) is 24.0. The van der Waals surface area contributed by atoms with Crippen molar-refractivity contribution in [3.8, 4) is 6.07 Å². The van der Waals surface area contributed by atoms with Crippen LogP contribution in [0.25, 0.3) is 0 Å². The molecule has 0 saturated heterocycles. The van der Waals surface area contributed by atoms with Gasteiger partial charge in [0, 0.05) is 0 Å². The number of nitrogens with zero attached hydrogens (tertiary/aromatic N) is 1. The molecule has 9 heteroatoms. The summed E-state index contributed by atoms with van der Waals surface area (Å²) in [4.78, 5) is 25.3. The molecular formula is C20H29N3O6. The van der Waals surface area contributed by atoms with Gasteiger partial charge in [-0.2, -0.15) is 5.26 Å². The average molecular weight is 407 g/mol. The second kappa shape index (κ2) is 10.5. The minimum atomic E-state index is -1.48. The van der Waals surface area contributed by atoms with Gasteiger partial charge in [-0.25, -0.2) is 4.79 Å². The third-order valence-electron chi connectivity index (χ3n) is 4.56. The lowest BCUT2D eigenvalue weighted by molar-refractivity contribution is -0.894. The summed E-state index contributed by atoms with van der Waals surface area (Å²) in [5.74, 6) is -7.11. The van der Waals surface area contributed by atoms with Crippen molar-refractivity contribution in [1.82, 2.24) is 0 Å². The number of furan rings is 1. The van der Waals surface area contributed by atoms with E-state index in [-0.39, 0.29) is 5.76 Å². The van der Waals surface area contributed by atoms with Crippen LogP contribution in [0.2, 0.25) is 0 Å². The Hall–Kier alpha value is -2.99. The Bertz CT molecular complexity index is 754. The maximum Gasteiger partial charge on any atom is 0.338 e. The summed E-state index contributed by atoms with van der Waals surface area (Å²) in [6.07, 6.45) is 1.28. The number of rotatable bonds is 7. The fourth-order valence-corrected chi connectivity index (χ4v) is 2.91. The Balaban J connectivity index is 0.000000516. The van der Waals surface area contributed by atoms with Crippen molar-refractivity contribution in [1.29, 1.82) is 5.26 Å². The minimum absolute atomic E-state index is 0.0638. The molecule has 0 aliphatic carbocycles. The second-order valence-corrected chi connectivity index (χ2v) is 6.91. The molecule has 0 radical (unpaired) electrons. The lowest BCUT2D eigenvalue weighted by Crippen LogP contribution is -3.11. The van der Waals surface area contributed by atoms with Crippen LogP contribution in [0.15, 0.2) is 34.3 Å². The summed E-state index contributed by atoms with van der Waals surface area (Å²) >= 11 is 0. The molecule has 29 heavy (non-hydrogen) atoms. The van der Waals surface area contributed by atoms with Gasteiger partial charge in [-0.05, 0) is 46.8 Å². The number of hydrogen-bond donors (Lipinski definition) is 2. The van der Waals surface area contributed by atoms with Crippen molar-refractivity contribution in [2.75, 3.05) is 19.6 Å². The number of nitrogens with two attached hydrogens (primary N) is 1. The highest BCUT2D eigenvalue weighted by Crippen LogP contribution is 2.38. The fraction of sp³-hybridized carbons (Fsp3) is 0.550. The summed E-state index contributed by atoms with van der Waals surface area (Å²) < 4.78 is 15.1. The predicted octanol–water partition coefficient (Wildman–Crippen LogP) is -0.199. The first-order valence-corrected chi connectivity index (χ1v) is 9.51. The number of ether oxygens (including phenoxy) is 2. The van der Waals surface area contributed by atoms with E-state index in [9.17, 15) is 14.7 Å². The van der Waals surface area contributed by atoms with Crippen LogP contribution in [0.5, 0.6) is 0 Å². The van der Waals surface area contributed by atoms with Gasteiger partial charge in [0.15, 0.2) is 5.79 Å². The molecule has 3 N–H and O–H groups in total. The zero-order chi connectivity index (χ0) is 22.2. The lowest BCUT2D eigenvalue weighted by atomic mass is 9.84. The van der Waals surface area contributed by atoms with Crippen LogP contribution in [0.4, 0.5) is 0 Å². The van der Waals surface area contributed by atoms with Gasteiger partial charge in [0.05, 0.1) is 49.4 Å². The Morgan fingerprint density at radius 3 is 2.21 bits per heavy atom. The largest absolute Gasteiger partial charge is 0.575 e. The molecule has 0 fully saturated rings. The molecule has 1 amide bonds. The summed E-state index contributed by atoms with van der Waals surface area (Å²) in [5, 5.41) is 21.3. The number of carbonyl (C=O) groups is 2. The van der Waals surface area contributed by atoms with Crippen LogP contribution in [0.1, 0.15) is 46.3 Å². The molecule has 0 bridgehead atoms. The third kappa shape index (κ3) is 6.26. The standard InChI is InChI=1S/C14H14N2O6.C6H15N/c1-14(2)21-12(18)10(13(19)22-14)9(7(6-15)11(16)17)8-4-3-5-20-8;1-4-7(5-2)6-3/h3-5,7,9,18H,1-2H3,(H2,16,17);4-6H2,1-3H3. The number of cyclic esters (lactones) is 1. The number of nitrogens with one attached hydrogen (secondary N) is 1. The number of carbonyl (C=O) groups excluding carboxylic acids is 2. The van der Waals surface area contributed by atoms with Crippen LogP contribution >= 0.6 is 0 Å². The van der Waals surface area contributed by atoms with Crippen LogP contribution in [-0.4, -0.2) is 37.3 Å². The summed E-state index contributed by atoms with van der Waals surface area (Å²) in [6.45, 7) is 13.3. The Labute approximate surface area is 170 Å². The Morgan fingerprint density at radius 1 is 1.28 bits per heavy atom. The Morgan fingerprint density at radius 2 is 1.86 bits per heavy atom. The number of esters is 1. The van der Waals surface area contributed by atoms with Crippen LogP contribution in [0, 0.1) is 17.2 Å². The van der Waals surface area contributed by atoms with E-state index >= 15 is 0 Å². The predicted molar refractivity (Wildman–Crippen MR) is 101 cm³/mol. The van der Waals surface area contributed by atoms with Gasteiger partial charge in [0.25, 0.3) is 0 Å². The van der Waals surface area contributed by atoms with Gasteiger partial charge < -0.3 is 29.6 Å². The van der Waals surface area contributed by atoms with Gasteiger partial charge in [0.2, 0.25) is 5.91 Å². The van der Waals surface area contributed by atoms with Crippen molar-refractivity contribution in [2.24, 2.45) is 11.7 Å². The van der Waals surface area contributed by atoms with E-state index in [0.717, 1.165) is 0 Å². The molecule has 160 valence electrons.